The molecule has 0 aromatic heterocycles. The summed E-state index contributed by atoms with van der Waals surface area (Å²) < 4.78 is 11.1. The molecule has 0 bridgehead atoms. The summed E-state index contributed by atoms with van der Waals surface area (Å²) in [5.74, 6) is 0.879. The topological polar surface area (TPSA) is 18.5 Å². The maximum absolute atomic E-state index is 5.34. The summed E-state index contributed by atoms with van der Waals surface area (Å²) in [6.45, 7) is 5.19. The van der Waals surface area contributed by atoms with Crippen LogP contribution < -0.4 is 4.74 Å². The first-order chi connectivity index (χ1) is 7.26. The number of benzene rings is 1. The normalized spacial score (nSPS) is 9.73. The van der Waals surface area contributed by atoms with Crippen LogP contribution in [-0.2, 0) is 4.74 Å². The van der Waals surface area contributed by atoms with E-state index in [9.17, 15) is 0 Å². The molecule has 0 aliphatic rings. The predicted molar refractivity (Wildman–Crippen MR) is 67.7 cm³/mol. The first kappa shape index (κ1) is 12.3. The van der Waals surface area contributed by atoms with Gasteiger partial charge in [0.15, 0.2) is 0 Å². The zero-order valence-corrected chi connectivity index (χ0v) is 10.5. The molecule has 0 fully saturated rings. The van der Waals surface area contributed by atoms with E-state index >= 15 is 0 Å². The van der Waals surface area contributed by atoms with Crippen molar-refractivity contribution in [2.24, 2.45) is 0 Å². The minimum atomic E-state index is 0.557. The Morgan fingerprint density at radius 1 is 1.20 bits per heavy atom. The highest BCUT2D eigenvalue weighted by atomic mass is 32.2. The maximum atomic E-state index is 5.34. The van der Waals surface area contributed by atoms with Crippen LogP contribution in [0, 0.1) is 0 Å². The van der Waals surface area contributed by atoms with Crippen LogP contribution >= 0.6 is 24.0 Å². The van der Waals surface area contributed by atoms with Gasteiger partial charge in [-0.3, -0.25) is 0 Å². The minimum Gasteiger partial charge on any atom is -0.494 e. The van der Waals surface area contributed by atoms with Crippen molar-refractivity contribution in [3.05, 3.63) is 24.3 Å². The van der Waals surface area contributed by atoms with Crippen LogP contribution in [0.5, 0.6) is 5.75 Å². The third-order valence-electron chi connectivity index (χ3n) is 1.60. The predicted octanol–water partition coefficient (Wildman–Crippen LogP) is 3.50. The van der Waals surface area contributed by atoms with Gasteiger partial charge in [-0.05, 0) is 62.1 Å². The quantitative estimate of drug-likeness (QED) is 0.594. The van der Waals surface area contributed by atoms with E-state index in [4.69, 9.17) is 21.7 Å². The van der Waals surface area contributed by atoms with Gasteiger partial charge in [0, 0.05) is 4.90 Å². The molecule has 0 heterocycles. The lowest BCUT2D eigenvalue weighted by Crippen LogP contribution is -1.95. The fraction of sp³-hybridized carbons (Fsp3) is 0.364. The first-order valence-corrected chi connectivity index (χ1v) is 6.06. The standard InChI is InChI=1S/C11H14O2S2/c1-3-12-9-5-7-10(8-6-9)15-11(14)13-4-2/h5-8H,3-4H2,1-2H3. The summed E-state index contributed by atoms with van der Waals surface area (Å²) in [6, 6.07) is 7.81. The Labute approximate surface area is 100.0 Å². The second-order valence-corrected chi connectivity index (χ2v) is 4.37. The van der Waals surface area contributed by atoms with Crippen molar-refractivity contribution in [2.45, 2.75) is 18.7 Å². The van der Waals surface area contributed by atoms with Crippen LogP contribution in [0.4, 0.5) is 0 Å². The van der Waals surface area contributed by atoms with E-state index in [0.29, 0.717) is 17.6 Å². The van der Waals surface area contributed by atoms with E-state index < -0.39 is 0 Å². The lowest BCUT2D eigenvalue weighted by Gasteiger charge is -2.05. The van der Waals surface area contributed by atoms with Crippen molar-refractivity contribution in [2.75, 3.05) is 13.2 Å². The fourth-order valence-corrected chi connectivity index (χ4v) is 2.06. The van der Waals surface area contributed by atoms with E-state index in [1.807, 2.05) is 38.1 Å². The molecule has 0 radical (unpaired) electrons. The molecule has 0 aliphatic heterocycles. The van der Waals surface area contributed by atoms with Crippen LogP contribution in [0.15, 0.2) is 29.2 Å². The third-order valence-corrected chi connectivity index (χ3v) is 2.76. The Morgan fingerprint density at radius 3 is 2.40 bits per heavy atom. The molecule has 2 nitrogen and oxygen atoms in total. The molecule has 0 spiro atoms. The van der Waals surface area contributed by atoms with Gasteiger partial charge in [0.2, 0.25) is 4.38 Å². The summed E-state index contributed by atoms with van der Waals surface area (Å²) >= 11 is 6.48. The van der Waals surface area contributed by atoms with Crippen molar-refractivity contribution in [3.8, 4) is 5.75 Å². The van der Waals surface area contributed by atoms with Crippen LogP contribution in [0.2, 0.25) is 0 Å². The SMILES string of the molecule is CCOC(=S)Sc1ccc(OCC)cc1. The molecule has 82 valence electrons. The number of hydrogen-bond acceptors (Lipinski definition) is 4. The summed E-state index contributed by atoms with van der Waals surface area (Å²) in [5.41, 5.74) is 0. The zero-order chi connectivity index (χ0) is 11.1. The van der Waals surface area contributed by atoms with Gasteiger partial charge in [0.05, 0.1) is 13.2 Å². The second kappa shape index (κ2) is 6.69. The van der Waals surface area contributed by atoms with Gasteiger partial charge >= 0.3 is 0 Å². The molecular weight excluding hydrogens is 228 g/mol. The van der Waals surface area contributed by atoms with Crippen molar-refractivity contribution >= 4 is 28.4 Å². The van der Waals surface area contributed by atoms with E-state index in [0.717, 1.165) is 10.6 Å². The van der Waals surface area contributed by atoms with Gasteiger partial charge in [-0.1, -0.05) is 0 Å². The highest BCUT2D eigenvalue weighted by molar-refractivity contribution is 8.22. The Bertz CT molecular complexity index is 309. The zero-order valence-electron chi connectivity index (χ0n) is 8.86. The van der Waals surface area contributed by atoms with Crippen molar-refractivity contribution < 1.29 is 9.47 Å². The fourth-order valence-electron chi connectivity index (χ4n) is 1.01. The molecule has 0 amide bonds. The summed E-state index contributed by atoms with van der Waals surface area (Å²) in [5, 5.41) is 0. The van der Waals surface area contributed by atoms with Crippen molar-refractivity contribution in [3.63, 3.8) is 0 Å². The number of rotatable bonds is 4. The summed E-state index contributed by atoms with van der Waals surface area (Å²) in [6.07, 6.45) is 0. The smallest absolute Gasteiger partial charge is 0.224 e. The number of ether oxygens (including phenoxy) is 2. The molecule has 1 aromatic rings. The Kier molecular flexibility index (Phi) is 5.50. The van der Waals surface area contributed by atoms with Crippen LogP contribution in [0.1, 0.15) is 13.8 Å². The molecule has 15 heavy (non-hydrogen) atoms. The van der Waals surface area contributed by atoms with Crippen LogP contribution in [0.25, 0.3) is 0 Å². The Balaban J connectivity index is 2.52. The largest absolute Gasteiger partial charge is 0.494 e. The summed E-state index contributed by atoms with van der Waals surface area (Å²) in [7, 11) is 0. The minimum absolute atomic E-state index is 0.557. The molecule has 0 saturated carbocycles. The van der Waals surface area contributed by atoms with E-state index in [2.05, 4.69) is 0 Å². The molecule has 0 aliphatic carbocycles. The highest BCUT2D eigenvalue weighted by Gasteiger charge is 2.00. The number of hydrogen-bond donors (Lipinski definition) is 0. The molecular formula is C11H14O2S2. The number of thiocarbonyl (C=S) groups is 1. The van der Waals surface area contributed by atoms with Crippen LogP contribution in [-0.4, -0.2) is 17.6 Å². The molecule has 0 saturated heterocycles. The maximum Gasteiger partial charge on any atom is 0.224 e. The Morgan fingerprint density at radius 2 is 1.87 bits per heavy atom. The lowest BCUT2D eigenvalue weighted by molar-refractivity contribution is 0.340. The third kappa shape index (κ3) is 4.53. The average molecular weight is 242 g/mol. The van der Waals surface area contributed by atoms with Gasteiger partial charge in [-0.2, -0.15) is 0 Å². The van der Waals surface area contributed by atoms with Gasteiger partial charge in [-0.25, -0.2) is 0 Å². The van der Waals surface area contributed by atoms with Gasteiger partial charge < -0.3 is 9.47 Å². The molecule has 0 N–H and O–H groups in total. The highest BCUT2D eigenvalue weighted by Crippen LogP contribution is 2.23. The molecule has 1 aromatic carbocycles. The van der Waals surface area contributed by atoms with Crippen molar-refractivity contribution in [1.82, 2.24) is 0 Å². The monoisotopic (exact) mass is 242 g/mol. The van der Waals surface area contributed by atoms with Gasteiger partial charge in [0.1, 0.15) is 5.75 Å². The van der Waals surface area contributed by atoms with Gasteiger partial charge in [-0.15, -0.1) is 0 Å². The first-order valence-electron chi connectivity index (χ1n) is 4.83. The molecule has 1 rings (SSSR count). The van der Waals surface area contributed by atoms with Crippen LogP contribution in [0.3, 0.4) is 0 Å². The van der Waals surface area contributed by atoms with Crippen molar-refractivity contribution in [1.29, 1.82) is 0 Å². The van der Waals surface area contributed by atoms with E-state index in [1.165, 1.54) is 11.8 Å². The summed E-state index contributed by atoms with van der Waals surface area (Å²) in [4.78, 5) is 1.07. The second-order valence-electron chi connectivity index (χ2n) is 2.69. The van der Waals surface area contributed by atoms with E-state index in [1.54, 1.807) is 0 Å². The van der Waals surface area contributed by atoms with E-state index in [-0.39, 0.29) is 0 Å². The lowest BCUT2D eigenvalue weighted by atomic mass is 10.3. The average Bonchev–Trinajstić information content (AvgIpc) is 2.22. The van der Waals surface area contributed by atoms with Gasteiger partial charge in [0.25, 0.3) is 0 Å². The molecule has 4 heteroatoms. The molecule has 0 unspecified atom stereocenters. The number of thioether (sulfide) groups is 1. The Hall–Kier alpha value is -0.740. The molecule has 0 atom stereocenters.